The minimum absolute atomic E-state index is 0.00497. The number of carbonyl (C=O) groups excluding carboxylic acids is 2. The smallest absolute Gasteiger partial charge is 0.340 e. The van der Waals surface area contributed by atoms with Crippen LogP contribution in [0.25, 0.3) is 0 Å². The molecule has 0 saturated heterocycles. The third-order valence-electron chi connectivity index (χ3n) is 3.28. The van der Waals surface area contributed by atoms with Gasteiger partial charge in [0.2, 0.25) is 0 Å². The Balaban J connectivity index is 2.07. The van der Waals surface area contributed by atoms with Crippen molar-refractivity contribution in [1.82, 2.24) is 9.13 Å². The number of nitrogens with one attached hydrogen (secondary N) is 1. The fourth-order valence-electron chi connectivity index (χ4n) is 1.89. The summed E-state index contributed by atoms with van der Waals surface area (Å²) in [6.07, 6.45) is 0. The Morgan fingerprint density at radius 1 is 1.20 bits per heavy atom. The molecule has 0 aliphatic heterocycles. The van der Waals surface area contributed by atoms with Crippen molar-refractivity contribution in [2.75, 3.05) is 11.9 Å². The summed E-state index contributed by atoms with van der Waals surface area (Å²) >= 11 is 9.12. The van der Waals surface area contributed by atoms with Crippen LogP contribution in [-0.4, -0.2) is 27.6 Å². The van der Waals surface area contributed by atoms with E-state index in [4.69, 9.17) is 16.3 Å². The van der Waals surface area contributed by atoms with Gasteiger partial charge in [0.15, 0.2) is 6.61 Å². The molecule has 0 spiro atoms. The van der Waals surface area contributed by atoms with Crippen LogP contribution in [0.3, 0.4) is 0 Å². The molecular weight excluding hydrogens is 418 g/mol. The molecule has 1 N–H and O–H groups in total. The maximum atomic E-state index is 12.0. The average molecular weight is 431 g/mol. The summed E-state index contributed by atoms with van der Waals surface area (Å²) in [6.45, 7) is -0.606. The minimum atomic E-state index is -0.778. The molecule has 1 heterocycles. The van der Waals surface area contributed by atoms with Gasteiger partial charge in [-0.25, -0.2) is 9.59 Å². The van der Waals surface area contributed by atoms with E-state index >= 15 is 0 Å². The van der Waals surface area contributed by atoms with Crippen molar-refractivity contribution in [3.63, 3.8) is 0 Å². The Hall–Kier alpha value is -2.39. The third kappa shape index (κ3) is 4.37. The normalized spacial score (nSPS) is 10.4. The van der Waals surface area contributed by atoms with Crippen molar-refractivity contribution in [2.45, 2.75) is 0 Å². The Morgan fingerprint density at radius 2 is 1.88 bits per heavy atom. The van der Waals surface area contributed by atoms with Crippen molar-refractivity contribution in [3.05, 3.63) is 60.2 Å². The van der Waals surface area contributed by atoms with Crippen LogP contribution in [0.5, 0.6) is 0 Å². The van der Waals surface area contributed by atoms with Gasteiger partial charge in [0.05, 0.1) is 10.6 Å². The molecule has 0 atom stereocenters. The topological polar surface area (TPSA) is 99.4 Å². The number of esters is 1. The Labute approximate surface area is 155 Å². The molecule has 8 nitrogen and oxygen atoms in total. The summed E-state index contributed by atoms with van der Waals surface area (Å²) < 4.78 is 7.51. The Morgan fingerprint density at radius 3 is 2.56 bits per heavy atom. The zero-order valence-corrected chi connectivity index (χ0v) is 15.6. The molecule has 1 aromatic heterocycles. The number of benzene rings is 1. The fraction of sp³-hybridized carbons (Fsp3) is 0.200. The highest BCUT2D eigenvalue weighted by Gasteiger charge is 2.15. The quantitative estimate of drug-likeness (QED) is 0.737. The number of anilines is 1. The third-order valence-corrected chi connectivity index (χ3v) is 4.10. The lowest BCUT2D eigenvalue weighted by Gasteiger charge is -2.11. The molecule has 0 aliphatic carbocycles. The molecule has 0 fully saturated rings. The van der Waals surface area contributed by atoms with E-state index in [0.29, 0.717) is 4.47 Å². The van der Waals surface area contributed by atoms with Gasteiger partial charge in [-0.15, -0.1) is 0 Å². The molecular formula is C15H13BrClN3O5. The second-order valence-electron chi connectivity index (χ2n) is 5.02. The molecule has 1 aromatic carbocycles. The van der Waals surface area contributed by atoms with Crippen LogP contribution in [-0.2, 0) is 23.6 Å². The van der Waals surface area contributed by atoms with E-state index in [1.165, 1.54) is 26.2 Å². The molecule has 0 radical (unpaired) electrons. The van der Waals surface area contributed by atoms with Crippen LogP contribution < -0.4 is 16.6 Å². The molecule has 0 aliphatic rings. The second kappa shape index (κ2) is 7.66. The van der Waals surface area contributed by atoms with Crippen molar-refractivity contribution in [1.29, 1.82) is 0 Å². The maximum Gasteiger partial charge on any atom is 0.340 e. The van der Waals surface area contributed by atoms with Crippen LogP contribution in [0.2, 0.25) is 5.02 Å². The van der Waals surface area contributed by atoms with Crippen molar-refractivity contribution in [2.24, 2.45) is 14.1 Å². The van der Waals surface area contributed by atoms with Crippen LogP contribution in [0, 0.1) is 0 Å². The molecule has 0 unspecified atom stereocenters. The first-order valence-corrected chi connectivity index (χ1v) is 8.07. The lowest BCUT2D eigenvalue weighted by molar-refractivity contribution is -0.119. The van der Waals surface area contributed by atoms with E-state index in [1.807, 2.05) is 0 Å². The van der Waals surface area contributed by atoms with E-state index in [0.717, 1.165) is 15.2 Å². The Bertz CT molecular complexity index is 967. The first kappa shape index (κ1) is 18.9. The predicted octanol–water partition coefficient (Wildman–Crippen LogP) is 1.30. The molecule has 1 amide bonds. The second-order valence-corrected chi connectivity index (χ2v) is 6.34. The van der Waals surface area contributed by atoms with E-state index in [2.05, 4.69) is 21.2 Å². The summed E-state index contributed by atoms with van der Waals surface area (Å²) in [7, 11) is 2.71. The predicted molar refractivity (Wildman–Crippen MR) is 95.0 cm³/mol. The lowest BCUT2D eigenvalue weighted by atomic mass is 10.2. The largest absolute Gasteiger partial charge is 0.452 e. The van der Waals surface area contributed by atoms with Crippen LogP contribution >= 0.6 is 27.5 Å². The van der Waals surface area contributed by atoms with Crippen molar-refractivity contribution < 1.29 is 14.3 Å². The minimum Gasteiger partial charge on any atom is -0.452 e. The number of aromatic nitrogens is 2. The SMILES string of the molecule is Cn1c(NC(=O)COC(=O)c2cc(Br)ccc2Cl)cc(=O)n(C)c1=O. The molecule has 2 aromatic rings. The molecule has 10 heteroatoms. The zero-order valence-electron chi connectivity index (χ0n) is 13.2. The molecule has 132 valence electrons. The number of hydrogen-bond donors (Lipinski definition) is 1. The number of carbonyl (C=O) groups is 2. The highest BCUT2D eigenvalue weighted by atomic mass is 79.9. The Kier molecular flexibility index (Phi) is 5.81. The number of halogens is 2. The van der Waals surface area contributed by atoms with Gasteiger partial charge < -0.3 is 10.1 Å². The van der Waals surface area contributed by atoms with E-state index < -0.39 is 29.7 Å². The fourth-order valence-corrected chi connectivity index (χ4v) is 2.45. The van der Waals surface area contributed by atoms with Gasteiger partial charge in [-0.3, -0.25) is 18.7 Å². The van der Waals surface area contributed by atoms with Gasteiger partial charge >= 0.3 is 11.7 Å². The number of rotatable bonds is 4. The number of amides is 1. The van der Waals surface area contributed by atoms with Crippen LogP contribution in [0.4, 0.5) is 5.82 Å². The molecule has 2 rings (SSSR count). The summed E-state index contributed by atoms with van der Waals surface area (Å²) in [5.41, 5.74) is -1.07. The monoisotopic (exact) mass is 429 g/mol. The standard InChI is InChI=1S/C15H13BrClN3O5/c1-19-11(6-13(22)20(2)15(19)24)18-12(21)7-25-14(23)9-5-8(16)3-4-10(9)17/h3-6H,7H2,1-2H3,(H,18,21). The van der Waals surface area contributed by atoms with Gasteiger partial charge in [0, 0.05) is 24.6 Å². The average Bonchev–Trinajstić information content (AvgIpc) is 2.57. The zero-order chi connectivity index (χ0) is 18.7. The van der Waals surface area contributed by atoms with Gasteiger partial charge in [-0.2, -0.15) is 0 Å². The van der Waals surface area contributed by atoms with Gasteiger partial charge in [-0.1, -0.05) is 27.5 Å². The maximum absolute atomic E-state index is 12.0. The lowest BCUT2D eigenvalue weighted by Crippen LogP contribution is -2.38. The molecule has 0 bridgehead atoms. The summed E-state index contributed by atoms with van der Waals surface area (Å²) in [5, 5.41) is 2.53. The first-order chi connectivity index (χ1) is 11.7. The van der Waals surface area contributed by atoms with Crippen molar-refractivity contribution >= 4 is 45.2 Å². The highest BCUT2D eigenvalue weighted by Crippen LogP contribution is 2.21. The molecule has 0 saturated carbocycles. The number of ether oxygens (including phenoxy) is 1. The van der Waals surface area contributed by atoms with Gasteiger partial charge in [-0.05, 0) is 18.2 Å². The van der Waals surface area contributed by atoms with Gasteiger partial charge in [0.1, 0.15) is 5.82 Å². The van der Waals surface area contributed by atoms with Crippen LogP contribution in [0.1, 0.15) is 10.4 Å². The molecule has 25 heavy (non-hydrogen) atoms. The summed E-state index contributed by atoms with van der Waals surface area (Å²) in [6, 6.07) is 5.72. The van der Waals surface area contributed by atoms with E-state index in [-0.39, 0.29) is 16.4 Å². The number of nitrogens with zero attached hydrogens (tertiary/aromatic N) is 2. The van der Waals surface area contributed by atoms with Crippen molar-refractivity contribution in [3.8, 4) is 0 Å². The summed E-state index contributed by atoms with van der Waals surface area (Å²) in [5.74, 6) is -1.49. The van der Waals surface area contributed by atoms with Gasteiger partial charge in [0.25, 0.3) is 11.5 Å². The van der Waals surface area contributed by atoms with Crippen LogP contribution in [0.15, 0.2) is 38.3 Å². The number of hydrogen-bond acceptors (Lipinski definition) is 5. The first-order valence-electron chi connectivity index (χ1n) is 6.90. The van der Waals surface area contributed by atoms with E-state index in [1.54, 1.807) is 6.07 Å². The highest BCUT2D eigenvalue weighted by molar-refractivity contribution is 9.10. The summed E-state index contributed by atoms with van der Waals surface area (Å²) in [4.78, 5) is 47.3. The van der Waals surface area contributed by atoms with E-state index in [9.17, 15) is 19.2 Å².